The Labute approximate surface area is 240 Å². The van der Waals surface area contributed by atoms with Crippen LogP contribution in [0.25, 0.3) is 5.57 Å². The zero-order valence-electron chi connectivity index (χ0n) is 24.9. The average molecular weight is 548 g/mol. The number of hydrogen-bond acceptors (Lipinski definition) is 5. The van der Waals surface area contributed by atoms with E-state index in [1.807, 2.05) is 43.4 Å². The van der Waals surface area contributed by atoms with Gasteiger partial charge in [-0.1, -0.05) is 52.2 Å². The molecule has 0 atom stereocenters. The molecule has 0 aliphatic heterocycles. The van der Waals surface area contributed by atoms with Crippen LogP contribution in [0.4, 0.5) is 5.69 Å². The molecule has 1 aromatic rings. The molecule has 6 heteroatoms. The van der Waals surface area contributed by atoms with Crippen LogP contribution in [-0.2, 0) is 14.3 Å². The number of hydrogen-bond donors (Lipinski definition) is 1. The third-order valence-corrected chi connectivity index (χ3v) is 7.43. The van der Waals surface area contributed by atoms with E-state index in [0.717, 1.165) is 93.7 Å². The number of esters is 1. The molecule has 0 heterocycles. The smallest absolute Gasteiger partial charge is 0.306 e. The lowest BCUT2D eigenvalue weighted by molar-refractivity contribution is -0.527. The lowest BCUT2D eigenvalue weighted by Crippen LogP contribution is -2.26. The molecule has 6 nitrogen and oxygen atoms in total. The van der Waals surface area contributed by atoms with E-state index in [0.29, 0.717) is 24.2 Å². The van der Waals surface area contributed by atoms with Crippen molar-refractivity contribution < 1.29 is 24.0 Å². The number of aliphatic hydroxyl groups is 1. The van der Waals surface area contributed by atoms with E-state index in [9.17, 15) is 14.7 Å². The summed E-state index contributed by atoms with van der Waals surface area (Å²) < 4.78 is 7.32. The molecular weight excluding hydrogens is 500 g/mol. The van der Waals surface area contributed by atoms with Crippen molar-refractivity contribution in [1.29, 1.82) is 0 Å². The second kappa shape index (κ2) is 16.0. The number of carbonyl (C=O) groups excluding carboxylic acids is 2. The molecule has 0 saturated carbocycles. The first kappa shape index (κ1) is 31.1. The fourth-order valence-electron chi connectivity index (χ4n) is 5.05. The fraction of sp³-hybridized carbons (Fsp3) is 0.500. The summed E-state index contributed by atoms with van der Waals surface area (Å²) in [6.45, 7) is 12.5. The Kier molecular flexibility index (Phi) is 12.4. The number of carbonyl (C=O) groups is 2. The summed E-state index contributed by atoms with van der Waals surface area (Å²) in [6, 6.07) is 8.03. The van der Waals surface area contributed by atoms with Gasteiger partial charge in [0.05, 0.1) is 24.2 Å². The Bertz CT molecular complexity index is 1160. The number of ether oxygens (including phenoxy) is 1. The molecule has 0 amide bonds. The van der Waals surface area contributed by atoms with Crippen LogP contribution in [0, 0.1) is 0 Å². The monoisotopic (exact) mass is 547 g/mol. The predicted molar refractivity (Wildman–Crippen MR) is 164 cm³/mol. The van der Waals surface area contributed by atoms with E-state index in [1.54, 1.807) is 0 Å². The molecule has 40 heavy (non-hydrogen) atoms. The van der Waals surface area contributed by atoms with Crippen molar-refractivity contribution in [3.63, 3.8) is 0 Å². The summed E-state index contributed by atoms with van der Waals surface area (Å²) in [6.07, 6.45) is 15.7. The van der Waals surface area contributed by atoms with Crippen molar-refractivity contribution in [2.45, 2.75) is 79.1 Å². The van der Waals surface area contributed by atoms with Crippen molar-refractivity contribution >= 4 is 28.7 Å². The molecule has 0 bridgehead atoms. The quantitative estimate of drug-likeness (QED) is 0.138. The van der Waals surface area contributed by atoms with E-state index in [4.69, 9.17) is 4.74 Å². The van der Waals surface area contributed by atoms with Gasteiger partial charge < -0.3 is 14.7 Å². The summed E-state index contributed by atoms with van der Waals surface area (Å²) >= 11 is 0. The Morgan fingerprint density at radius 2 is 1.43 bits per heavy atom. The molecule has 0 unspecified atom stereocenters. The van der Waals surface area contributed by atoms with E-state index in [1.165, 1.54) is 0 Å². The van der Waals surface area contributed by atoms with Crippen LogP contribution in [0.5, 0.6) is 0 Å². The maximum Gasteiger partial charge on any atom is 0.306 e. The molecule has 2 aliphatic carbocycles. The van der Waals surface area contributed by atoms with E-state index in [2.05, 4.69) is 42.4 Å². The average Bonchev–Trinajstić information content (AvgIpc) is 2.96. The lowest BCUT2D eigenvalue weighted by Gasteiger charge is -2.26. The number of unbranched alkanes of at least 4 members (excludes halogenated alkanes) is 3. The number of rotatable bonds is 16. The molecule has 0 aromatic heterocycles. The third-order valence-electron chi connectivity index (χ3n) is 7.43. The summed E-state index contributed by atoms with van der Waals surface area (Å²) in [5, 5.41) is 10.9. The molecule has 0 saturated heterocycles. The second-order valence-electron chi connectivity index (χ2n) is 10.5. The second-order valence-corrected chi connectivity index (χ2v) is 10.5. The highest BCUT2D eigenvalue weighted by molar-refractivity contribution is 6.39. The summed E-state index contributed by atoms with van der Waals surface area (Å²) in [4.78, 5) is 27.3. The van der Waals surface area contributed by atoms with Gasteiger partial charge in [-0.15, -0.1) is 0 Å². The van der Waals surface area contributed by atoms with Gasteiger partial charge in [0.25, 0.3) is 0 Å². The maximum atomic E-state index is 13.2. The van der Waals surface area contributed by atoms with Crippen molar-refractivity contribution in [2.24, 2.45) is 0 Å². The predicted octanol–water partition coefficient (Wildman–Crippen LogP) is 6.96. The van der Waals surface area contributed by atoms with E-state index >= 15 is 0 Å². The van der Waals surface area contributed by atoms with Crippen LogP contribution in [-0.4, -0.2) is 59.9 Å². The Morgan fingerprint density at radius 1 is 0.825 bits per heavy atom. The van der Waals surface area contributed by atoms with Crippen molar-refractivity contribution in [3.05, 3.63) is 71.0 Å². The molecule has 216 valence electrons. The minimum Gasteiger partial charge on any atom is -0.506 e. The standard InChI is InChI=1S/C34H46N2O4/c1-5-9-22-35(23-10-6-2)28-18-14-26(15-19-28)31-33(38)32(34(31)39)27-16-20-29(21-17-27)36(24-11-7-3)25-12-13-30(37)40-8-4/h14-21H,5-13,22-25H2,1-4H3/p+1. The highest BCUT2D eigenvalue weighted by atomic mass is 16.5. The van der Waals surface area contributed by atoms with Crippen LogP contribution in [0.3, 0.4) is 0 Å². The first-order chi connectivity index (χ1) is 19.4. The minimum atomic E-state index is -0.161. The van der Waals surface area contributed by atoms with Gasteiger partial charge >= 0.3 is 5.97 Å². The largest absolute Gasteiger partial charge is 0.506 e. The Balaban J connectivity index is 1.75. The number of benzene rings is 1. The van der Waals surface area contributed by atoms with Gasteiger partial charge in [-0.2, -0.15) is 0 Å². The lowest BCUT2D eigenvalue weighted by atomic mass is 9.80. The number of nitrogens with zero attached hydrogens (tertiary/aromatic N) is 2. The van der Waals surface area contributed by atoms with Gasteiger partial charge in [0.1, 0.15) is 18.8 Å². The Hall–Kier alpha value is -3.41. The highest BCUT2D eigenvalue weighted by Crippen LogP contribution is 2.39. The first-order valence-corrected chi connectivity index (χ1v) is 15.2. The van der Waals surface area contributed by atoms with Crippen molar-refractivity contribution in [2.75, 3.05) is 37.7 Å². The van der Waals surface area contributed by atoms with Gasteiger partial charge in [-0.3, -0.25) is 9.59 Å². The molecule has 0 spiro atoms. The minimum absolute atomic E-state index is 0.0663. The van der Waals surface area contributed by atoms with Crippen molar-refractivity contribution in [1.82, 2.24) is 0 Å². The zero-order chi connectivity index (χ0) is 28.9. The third kappa shape index (κ3) is 8.06. The number of allylic oxidation sites excluding steroid dienone is 7. The first-order valence-electron chi connectivity index (χ1n) is 15.2. The Morgan fingerprint density at radius 3 is 1.98 bits per heavy atom. The maximum absolute atomic E-state index is 13.2. The molecule has 0 radical (unpaired) electrons. The van der Waals surface area contributed by atoms with Crippen LogP contribution in [0.15, 0.2) is 65.5 Å². The van der Waals surface area contributed by atoms with E-state index in [-0.39, 0.29) is 17.5 Å². The summed E-state index contributed by atoms with van der Waals surface area (Å²) in [7, 11) is 0. The van der Waals surface area contributed by atoms with Gasteiger partial charge in [0, 0.05) is 43.8 Å². The van der Waals surface area contributed by atoms with Gasteiger partial charge in [0.15, 0.2) is 5.71 Å². The van der Waals surface area contributed by atoms with Gasteiger partial charge in [0.2, 0.25) is 5.78 Å². The van der Waals surface area contributed by atoms with Crippen molar-refractivity contribution in [3.8, 4) is 0 Å². The fourth-order valence-corrected chi connectivity index (χ4v) is 5.05. The van der Waals surface area contributed by atoms with Crippen LogP contribution < -0.4 is 4.90 Å². The number of ketones is 1. The molecule has 3 rings (SSSR count). The van der Waals surface area contributed by atoms with Gasteiger partial charge in [-0.25, -0.2) is 4.58 Å². The normalized spacial score (nSPS) is 14.6. The molecular formula is C34H47N2O4+. The van der Waals surface area contributed by atoms with Crippen LogP contribution in [0.2, 0.25) is 0 Å². The topological polar surface area (TPSA) is 69.8 Å². The van der Waals surface area contributed by atoms with Gasteiger partial charge in [-0.05, 0) is 55.2 Å². The molecule has 0 fully saturated rings. The van der Waals surface area contributed by atoms with Crippen LogP contribution >= 0.6 is 0 Å². The summed E-state index contributed by atoms with van der Waals surface area (Å²) in [5.41, 5.74) is 4.45. The molecule has 2 aliphatic rings. The SMILES string of the molecule is CCCCN(CCCC)c1ccc(C2=C(O)C(=C3C=CC(=[N+](CCCC)CCCC(=O)OCC)C=C3)C2=O)cc1. The van der Waals surface area contributed by atoms with E-state index < -0.39 is 0 Å². The zero-order valence-corrected chi connectivity index (χ0v) is 24.9. The van der Waals surface area contributed by atoms with Crippen LogP contribution in [0.1, 0.15) is 84.6 Å². The summed E-state index contributed by atoms with van der Waals surface area (Å²) in [5.74, 6) is -0.216. The molecule has 1 N–H and O–H groups in total. The molecule has 1 aromatic carbocycles. The number of aliphatic hydroxyl groups excluding tert-OH is 1. The number of anilines is 1. The number of Topliss-reactive ketones (excluding diaryl/α,β-unsaturated/α-hetero) is 1. The highest BCUT2D eigenvalue weighted by Gasteiger charge is 2.36.